The van der Waals surface area contributed by atoms with Crippen LogP contribution >= 0.6 is 0 Å². The van der Waals surface area contributed by atoms with Crippen molar-refractivity contribution in [2.45, 2.75) is 44.8 Å². The molecule has 1 unspecified atom stereocenters. The monoisotopic (exact) mass is 226 g/mol. The lowest BCUT2D eigenvalue weighted by Crippen LogP contribution is -2.50. The second-order valence-electron chi connectivity index (χ2n) is 5.00. The number of β-amino-alcohol motifs (C(OH)–C–C–N with tert-alkyl or cyclic N) is 1. The zero-order valence-electron chi connectivity index (χ0n) is 10.1. The molecule has 16 heavy (non-hydrogen) atoms. The maximum atomic E-state index is 12.2. The molecule has 92 valence electrons. The number of rotatable bonds is 2. The van der Waals surface area contributed by atoms with Gasteiger partial charge in [0, 0.05) is 19.6 Å². The molecule has 1 N–H and O–H groups in total. The van der Waals surface area contributed by atoms with Crippen molar-refractivity contribution >= 4 is 5.91 Å². The van der Waals surface area contributed by atoms with Crippen molar-refractivity contribution in [2.75, 3.05) is 26.2 Å². The van der Waals surface area contributed by atoms with Gasteiger partial charge in [0.25, 0.3) is 0 Å². The van der Waals surface area contributed by atoms with E-state index in [0.29, 0.717) is 6.54 Å². The number of carbonyl (C=O) groups excluding carboxylic acids is 1. The summed E-state index contributed by atoms with van der Waals surface area (Å²) in [6.45, 7) is 5.40. The molecule has 0 spiro atoms. The average molecular weight is 226 g/mol. The van der Waals surface area contributed by atoms with E-state index in [4.69, 9.17) is 0 Å². The summed E-state index contributed by atoms with van der Waals surface area (Å²) in [4.78, 5) is 16.2. The lowest BCUT2D eigenvalue weighted by molar-refractivity contribution is -0.136. The first kappa shape index (κ1) is 11.9. The summed E-state index contributed by atoms with van der Waals surface area (Å²) in [7, 11) is 0. The first-order valence-corrected chi connectivity index (χ1v) is 6.39. The third-order valence-corrected chi connectivity index (χ3v) is 3.75. The van der Waals surface area contributed by atoms with Crippen LogP contribution in [0.1, 0.15) is 32.6 Å². The third-order valence-electron chi connectivity index (χ3n) is 3.75. The largest absolute Gasteiger partial charge is 0.392 e. The maximum Gasteiger partial charge on any atom is 0.239 e. The molecule has 0 aromatic rings. The van der Waals surface area contributed by atoms with E-state index in [0.717, 1.165) is 45.3 Å². The van der Waals surface area contributed by atoms with Gasteiger partial charge in [0.05, 0.1) is 12.1 Å². The average Bonchev–Trinajstić information content (AvgIpc) is 2.80. The van der Waals surface area contributed by atoms with Crippen LogP contribution in [0.2, 0.25) is 0 Å². The molecule has 2 saturated heterocycles. The third kappa shape index (κ3) is 2.55. The van der Waals surface area contributed by atoms with E-state index in [1.807, 2.05) is 11.8 Å². The molecule has 2 aliphatic rings. The highest BCUT2D eigenvalue weighted by atomic mass is 16.3. The number of aliphatic hydroxyl groups is 1. The van der Waals surface area contributed by atoms with Crippen molar-refractivity contribution in [2.24, 2.45) is 0 Å². The summed E-state index contributed by atoms with van der Waals surface area (Å²) in [5.74, 6) is 0.242. The zero-order valence-corrected chi connectivity index (χ0v) is 10.1. The second-order valence-corrected chi connectivity index (χ2v) is 5.00. The summed E-state index contributed by atoms with van der Waals surface area (Å²) in [6.07, 6.45) is 3.91. The minimum atomic E-state index is -0.248. The van der Waals surface area contributed by atoms with Crippen molar-refractivity contribution in [1.29, 1.82) is 0 Å². The fraction of sp³-hybridized carbons (Fsp3) is 0.917. The fourth-order valence-electron chi connectivity index (χ4n) is 2.69. The number of carbonyl (C=O) groups is 1. The first-order valence-electron chi connectivity index (χ1n) is 6.39. The van der Waals surface area contributed by atoms with E-state index < -0.39 is 0 Å². The zero-order chi connectivity index (χ0) is 11.5. The number of hydrogen-bond acceptors (Lipinski definition) is 3. The minimum absolute atomic E-state index is 0.0620. The van der Waals surface area contributed by atoms with Gasteiger partial charge in [-0.3, -0.25) is 9.69 Å². The van der Waals surface area contributed by atoms with Crippen LogP contribution in [0.15, 0.2) is 0 Å². The topological polar surface area (TPSA) is 43.8 Å². The van der Waals surface area contributed by atoms with E-state index in [9.17, 15) is 9.90 Å². The Balaban J connectivity index is 1.89. The van der Waals surface area contributed by atoms with Crippen LogP contribution in [-0.4, -0.2) is 59.1 Å². The van der Waals surface area contributed by atoms with Gasteiger partial charge >= 0.3 is 0 Å². The van der Waals surface area contributed by atoms with Crippen molar-refractivity contribution in [1.82, 2.24) is 9.80 Å². The van der Waals surface area contributed by atoms with E-state index in [1.165, 1.54) is 0 Å². The molecule has 2 fully saturated rings. The Bertz CT molecular complexity index is 251. The molecular formula is C12H22N2O2. The van der Waals surface area contributed by atoms with Gasteiger partial charge < -0.3 is 10.0 Å². The van der Waals surface area contributed by atoms with Gasteiger partial charge in [-0.05, 0) is 39.2 Å². The van der Waals surface area contributed by atoms with Crippen LogP contribution in [0.4, 0.5) is 0 Å². The number of amides is 1. The molecule has 0 aliphatic carbocycles. The van der Waals surface area contributed by atoms with Crippen LogP contribution < -0.4 is 0 Å². The van der Waals surface area contributed by atoms with Gasteiger partial charge in [-0.2, -0.15) is 0 Å². The Labute approximate surface area is 97.2 Å². The molecule has 0 aromatic heterocycles. The van der Waals surface area contributed by atoms with Crippen molar-refractivity contribution < 1.29 is 9.90 Å². The molecular weight excluding hydrogens is 204 g/mol. The van der Waals surface area contributed by atoms with Crippen LogP contribution in [0, 0.1) is 0 Å². The van der Waals surface area contributed by atoms with E-state index in [2.05, 4.69) is 4.90 Å². The molecule has 0 radical (unpaired) electrons. The summed E-state index contributed by atoms with van der Waals surface area (Å²) >= 11 is 0. The van der Waals surface area contributed by atoms with Crippen molar-refractivity contribution in [3.63, 3.8) is 0 Å². The SMILES string of the molecule is CC(C(=O)N1CCCC1)N1CCC[C@H](O)C1. The minimum Gasteiger partial charge on any atom is -0.392 e. The summed E-state index contributed by atoms with van der Waals surface area (Å²) in [5.41, 5.74) is 0. The maximum absolute atomic E-state index is 12.2. The summed E-state index contributed by atoms with van der Waals surface area (Å²) in [6, 6.07) is -0.0620. The highest BCUT2D eigenvalue weighted by Crippen LogP contribution is 2.16. The quantitative estimate of drug-likeness (QED) is 0.743. The standard InChI is InChI=1S/C12H22N2O2/c1-10(12(16)13-6-2-3-7-13)14-8-4-5-11(15)9-14/h10-11,15H,2-9H2,1H3/t10?,11-/m0/s1. The number of likely N-dealkylation sites (tertiary alicyclic amines) is 2. The van der Waals surface area contributed by atoms with Gasteiger partial charge in [-0.1, -0.05) is 0 Å². The molecule has 4 nitrogen and oxygen atoms in total. The number of hydrogen-bond donors (Lipinski definition) is 1. The summed E-state index contributed by atoms with van der Waals surface area (Å²) in [5, 5.41) is 9.61. The lowest BCUT2D eigenvalue weighted by Gasteiger charge is -2.35. The van der Waals surface area contributed by atoms with Gasteiger partial charge in [0.2, 0.25) is 5.91 Å². The van der Waals surface area contributed by atoms with E-state index >= 15 is 0 Å². The van der Waals surface area contributed by atoms with E-state index in [1.54, 1.807) is 0 Å². The molecule has 2 heterocycles. The molecule has 0 saturated carbocycles. The van der Waals surface area contributed by atoms with Gasteiger partial charge in [0.1, 0.15) is 0 Å². The molecule has 4 heteroatoms. The van der Waals surface area contributed by atoms with Crippen LogP contribution in [0.5, 0.6) is 0 Å². The van der Waals surface area contributed by atoms with Gasteiger partial charge in [-0.25, -0.2) is 0 Å². The Morgan fingerprint density at radius 1 is 1.25 bits per heavy atom. The first-order chi connectivity index (χ1) is 7.68. The molecule has 0 bridgehead atoms. The molecule has 0 aromatic carbocycles. The van der Waals surface area contributed by atoms with Crippen molar-refractivity contribution in [3.05, 3.63) is 0 Å². The van der Waals surface area contributed by atoms with Gasteiger partial charge in [-0.15, -0.1) is 0 Å². The molecule has 2 aliphatic heterocycles. The molecule has 1 amide bonds. The van der Waals surface area contributed by atoms with Crippen LogP contribution in [-0.2, 0) is 4.79 Å². The second kappa shape index (κ2) is 5.15. The Kier molecular flexibility index (Phi) is 3.82. The van der Waals surface area contributed by atoms with Gasteiger partial charge in [0.15, 0.2) is 0 Å². The highest BCUT2D eigenvalue weighted by molar-refractivity contribution is 5.81. The Morgan fingerprint density at radius 3 is 2.56 bits per heavy atom. The van der Waals surface area contributed by atoms with Crippen LogP contribution in [0.25, 0.3) is 0 Å². The number of nitrogens with zero attached hydrogens (tertiary/aromatic N) is 2. The van der Waals surface area contributed by atoms with Crippen LogP contribution in [0.3, 0.4) is 0 Å². The predicted octanol–water partition coefficient (Wildman–Crippen LogP) is 0.454. The number of piperidine rings is 1. The lowest BCUT2D eigenvalue weighted by atomic mass is 10.1. The fourth-order valence-corrected chi connectivity index (χ4v) is 2.69. The summed E-state index contributed by atoms with van der Waals surface area (Å²) < 4.78 is 0. The van der Waals surface area contributed by atoms with Crippen molar-refractivity contribution in [3.8, 4) is 0 Å². The van der Waals surface area contributed by atoms with E-state index in [-0.39, 0.29) is 18.1 Å². The Hall–Kier alpha value is -0.610. The smallest absolute Gasteiger partial charge is 0.239 e. The normalized spacial score (nSPS) is 29.4. The molecule has 2 rings (SSSR count). The predicted molar refractivity (Wildman–Crippen MR) is 62.1 cm³/mol. The number of aliphatic hydroxyl groups excluding tert-OH is 1. The Morgan fingerprint density at radius 2 is 1.94 bits per heavy atom. The highest BCUT2D eigenvalue weighted by Gasteiger charge is 2.30. The molecule has 2 atom stereocenters.